The summed E-state index contributed by atoms with van der Waals surface area (Å²) in [6.45, 7) is 9.16. The summed E-state index contributed by atoms with van der Waals surface area (Å²) in [5.74, 6) is 2.70. The average molecular weight is 375 g/mol. The highest BCUT2D eigenvalue weighted by Gasteiger charge is 2.22. The molecule has 1 aliphatic rings. The molecule has 8 heteroatoms. The molecule has 148 valence electrons. The number of hydrogen-bond donors (Lipinski definition) is 1. The number of rotatable bonds is 8. The fraction of sp³-hybridized carbons (Fsp3) is 0.684. The second-order valence-corrected chi connectivity index (χ2v) is 7.29. The smallest absolute Gasteiger partial charge is 0.230 e. The number of nitrogens with zero attached hydrogens (tertiary/aromatic N) is 4. The minimum atomic E-state index is 0.0802. The van der Waals surface area contributed by atoms with Crippen molar-refractivity contribution in [1.82, 2.24) is 25.6 Å². The molecular weight excluding hydrogens is 346 g/mol. The van der Waals surface area contributed by atoms with E-state index in [1.807, 2.05) is 20.8 Å². The lowest BCUT2D eigenvalue weighted by Crippen LogP contribution is -2.40. The van der Waals surface area contributed by atoms with E-state index in [0.29, 0.717) is 43.6 Å². The Labute approximate surface area is 159 Å². The molecule has 2 aromatic heterocycles. The van der Waals surface area contributed by atoms with Crippen LogP contribution in [0.15, 0.2) is 8.94 Å². The molecule has 0 bridgehead atoms. The molecule has 0 aromatic carbocycles. The Balaban J connectivity index is 1.40. The van der Waals surface area contributed by atoms with Crippen LogP contribution in [0.3, 0.4) is 0 Å². The Morgan fingerprint density at radius 1 is 1.30 bits per heavy atom. The van der Waals surface area contributed by atoms with Crippen LogP contribution in [0.25, 0.3) is 0 Å². The third-order valence-electron chi connectivity index (χ3n) is 5.14. The molecule has 1 N–H and O–H groups in total. The number of aryl methyl sites for hydroxylation is 3. The fourth-order valence-corrected chi connectivity index (χ4v) is 3.59. The topological polar surface area (TPSA) is 97.3 Å². The number of amides is 1. The lowest BCUT2D eigenvalue weighted by Gasteiger charge is -2.31. The van der Waals surface area contributed by atoms with Gasteiger partial charge in [0.1, 0.15) is 5.76 Å². The van der Waals surface area contributed by atoms with Crippen LogP contribution in [0, 0.1) is 19.8 Å². The van der Waals surface area contributed by atoms with Crippen LogP contribution in [0.1, 0.15) is 55.0 Å². The van der Waals surface area contributed by atoms with Gasteiger partial charge in [-0.2, -0.15) is 0 Å². The van der Waals surface area contributed by atoms with Crippen molar-refractivity contribution in [3.8, 4) is 0 Å². The highest BCUT2D eigenvalue weighted by Crippen LogP contribution is 2.18. The molecule has 2 aromatic rings. The molecule has 0 aliphatic carbocycles. The van der Waals surface area contributed by atoms with E-state index in [1.165, 1.54) is 0 Å². The van der Waals surface area contributed by atoms with Crippen LogP contribution in [0.5, 0.6) is 0 Å². The number of aromatic nitrogens is 3. The standard InChI is InChI=1S/C19H29N5O3/c1-4-18-21-22-19(26-18)12-24-9-5-6-15(11-24)10-20-17(25)8-7-16-13(2)23-27-14(16)3/h15H,4-12H2,1-3H3,(H,20,25). The van der Waals surface area contributed by atoms with Gasteiger partial charge in [-0.3, -0.25) is 9.69 Å². The van der Waals surface area contributed by atoms with Crippen LogP contribution < -0.4 is 5.32 Å². The van der Waals surface area contributed by atoms with E-state index < -0.39 is 0 Å². The highest BCUT2D eigenvalue weighted by molar-refractivity contribution is 5.76. The second kappa shape index (κ2) is 9.12. The van der Waals surface area contributed by atoms with Crippen LogP contribution in [-0.4, -0.2) is 45.8 Å². The van der Waals surface area contributed by atoms with Crippen molar-refractivity contribution >= 4 is 5.91 Å². The minimum Gasteiger partial charge on any atom is -0.424 e. The number of carbonyl (C=O) groups is 1. The molecular formula is C19H29N5O3. The van der Waals surface area contributed by atoms with E-state index >= 15 is 0 Å². The van der Waals surface area contributed by atoms with E-state index in [-0.39, 0.29) is 5.91 Å². The van der Waals surface area contributed by atoms with Crippen molar-refractivity contribution in [2.24, 2.45) is 5.92 Å². The van der Waals surface area contributed by atoms with Gasteiger partial charge in [-0.05, 0) is 45.6 Å². The first-order valence-electron chi connectivity index (χ1n) is 9.77. The molecule has 3 heterocycles. The quantitative estimate of drug-likeness (QED) is 0.755. The molecule has 8 nitrogen and oxygen atoms in total. The van der Waals surface area contributed by atoms with Gasteiger partial charge in [0.2, 0.25) is 17.7 Å². The van der Waals surface area contributed by atoms with Gasteiger partial charge in [0.15, 0.2) is 0 Å². The molecule has 0 spiro atoms. The van der Waals surface area contributed by atoms with Gasteiger partial charge < -0.3 is 14.3 Å². The number of hydrogen-bond acceptors (Lipinski definition) is 7. The summed E-state index contributed by atoms with van der Waals surface area (Å²) >= 11 is 0. The molecule has 27 heavy (non-hydrogen) atoms. The molecule has 0 radical (unpaired) electrons. The maximum absolute atomic E-state index is 12.2. The molecule has 1 atom stereocenters. The summed E-state index contributed by atoms with van der Waals surface area (Å²) in [5, 5.41) is 15.1. The van der Waals surface area contributed by atoms with Gasteiger partial charge in [-0.1, -0.05) is 12.1 Å². The van der Waals surface area contributed by atoms with Crippen LogP contribution in [0.2, 0.25) is 0 Å². The SMILES string of the molecule is CCc1nnc(CN2CCCC(CNC(=O)CCc3c(C)noc3C)C2)o1. The average Bonchev–Trinajstić information content (AvgIpc) is 3.25. The Morgan fingerprint density at radius 3 is 2.81 bits per heavy atom. The summed E-state index contributed by atoms with van der Waals surface area (Å²) in [6, 6.07) is 0. The molecule has 1 unspecified atom stereocenters. The fourth-order valence-electron chi connectivity index (χ4n) is 3.59. The molecule has 3 rings (SSSR count). The van der Waals surface area contributed by atoms with Crippen molar-refractivity contribution in [2.45, 2.75) is 59.4 Å². The van der Waals surface area contributed by atoms with Gasteiger partial charge in [0.05, 0.1) is 12.2 Å². The summed E-state index contributed by atoms with van der Waals surface area (Å²) in [6.07, 6.45) is 4.14. The Kier molecular flexibility index (Phi) is 6.60. The van der Waals surface area contributed by atoms with Crippen molar-refractivity contribution in [1.29, 1.82) is 0 Å². The monoisotopic (exact) mass is 375 g/mol. The van der Waals surface area contributed by atoms with E-state index in [2.05, 4.69) is 25.6 Å². The van der Waals surface area contributed by atoms with Crippen LogP contribution in [-0.2, 0) is 24.2 Å². The predicted molar refractivity (Wildman–Crippen MR) is 99.0 cm³/mol. The maximum atomic E-state index is 12.2. The second-order valence-electron chi connectivity index (χ2n) is 7.29. The Morgan fingerprint density at radius 2 is 2.11 bits per heavy atom. The van der Waals surface area contributed by atoms with E-state index in [4.69, 9.17) is 8.94 Å². The molecule has 0 saturated carbocycles. The normalized spacial score (nSPS) is 18.0. The Bertz CT molecular complexity index is 735. The zero-order chi connectivity index (χ0) is 19.2. The predicted octanol–water partition coefficient (Wildman–Crippen LogP) is 2.20. The molecule has 1 fully saturated rings. The van der Waals surface area contributed by atoms with Gasteiger partial charge >= 0.3 is 0 Å². The lowest BCUT2D eigenvalue weighted by atomic mass is 9.98. The molecule has 1 amide bonds. The van der Waals surface area contributed by atoms with Crippen molar-refractivity contribution < 1.29 is 13.7 Å². The van der Waals surface area contributed by atoms with Crippen molar-refractivity contribution in [2.75, 3.05) is 19.6 Å². The van der Waals surface area contributed by atoms with E-state index in [0.717, 1.165) is 49.4 Å². The lowest BCUT2D eigenvalue weighted by molar-refractivity contribution is -0.121. The number of carbonyl (C=O) groups excluding carboxylic acids is 1. The first-order valence-corrected chi connectivity index (χ1v) is 9.77. The van der Waals surface area contributed by atoms with Crippen LogP contribution in [0.4, 0.5) is 0 Å². The summed E-state index contributed by atoms with van der Waals surface area (Å²) in [7, 11) is 0. The zero-order valence-corrected chi connectivity index (χ0v) is 16.5. The maximum Gasteiger partial charge on any atom is 0.230 e. The van der Waals surface area contributed by atoms with Crippen LogP contribution >= 0.6 is 0 Å². The Hall–Kier alpha value is -2.22. The first kappa shape index (κ1) is 19.5. The minimum absolute atomic E-state index is 0.0802. The van der Waals surface area contributed by atoms with E-state index in [9.17, 15) is 4.79 Å². The van der Waals surface area contributed by atoms with Gasteiger partial charge in [0, 0.05) is 31.5 Å². The van der Waals surface area contributed by atoms with Gasteiger partial charge in [-0.25, -0.2) is 0 Å². The summed E-state index contributed by atoms with van der Waals surface area (Å²) in [5.41, 5.74) is 1.91. The molecule has 1 aliphatic heterocycles. The van der Waals surface area contributed by atoms with Gasteiger partial charge in [0.25, 0.3) is 0 Å². The molecule has 1 saturated heterocycles. The number of likely N-dealkylation sites (tertiary alicyclic amines) is 1. The zero-order valence-electron chi connectivity index (χ0n) is 16.5. The van der Waals surface area contributed by atoms with Gasteiger partial charge in [-0.15, -0.1) is 10.2 Å². The third-order valence-corrected chi connectivity index (χ3v) is 5.14. The van der Waals surface area contributed by atoms with Crippen molar-refractivity contribution in [3.63, 3.8) is 0 Å². The largest absolute Gasteiger partial charge is 0.424 e. The number of nitrogens with one attached hydrogen (secondary N) is 1. The first-order chi connectivity index (χ1) is 13.0. The number of piperidine rings is 1. The highest BCUT2D eigenvalue weighted by atomic mass is 16.5. The van der Waals surface area contributed by atoms with E-state index in [1.54, 1.807) is 0 Å². The third kappa shape index (κ3) is 5.38. The summed E-state index contributed by atoms with van der Waals surface area (Å²) < 4.78 is 10.8. The summed E-state index contributed by atoms with van der Waals surface area (Å²) in [4.78, 5) is 14.5. The van der Waals surface area contributed by atoms with Crippen molar-refractivity contribution in [3.05, 3.63) is 28.8 Å².